The molecule has 0 radical (unpaired) electrons. The summed E-state index contributed by atoms with van der Waals surface area (Å²) in [5.41, 5.74) is 0.424. The molecule has 1 fully saturated rings. The van der Waals surface area contributed by atoms with Crippen molar-refractivity contribution in [2.75, 3.05) is 13.1 Å². The fourth-order valence-electron chi connectivity index (χ4n) is 2.26. The van der Waals surface area contributed by atoms with E-state index in [2.05, 4.69) is 4.72 Å². The highest BCUT2D eigenvalue weighted by molar-refractivity contribution is 7.89. The lowest BCUT2D eigenvalue weighted by atomic mass is 10.2. The highest BCUT2D eigenvalue weighted by Crippen LogP contribution is 2.16. The number of sulfonamides is 1. The molecule has 0 unspecified atom stereocenters. The first-order valence-corrected chi connectivity index (χ1v) is 8.37. The van der Waals surface area contributed by atoms with Crippen molar-refractivity contribution in [3.05, 3.63) is 29.8 Å². The van der Waals surface area contributed by atoms with Gasteiger partial charge in [0.1, 0.15) is 0 Å². The number of aliphatic hydroxyl groups excluding tert-OH is 1. The Bertz CT molecular complexity index is 610. The molecule has 1 aromatic carbocycles. The van der Waals surface area contributed by atoms with Gasteiger partial charge in [0.2, 0.25) is 10.0 Å². The van der Waals surface area contributed by atoms with Gasteiger partial charge >= 0.3 is 0 Å². The van der Waals surface area contributed by atoms with Crippen LogP contribution in [0.1, 0.15) is 30.6 Å². The van der Waals surface area contributed by atoms with Crippen LogP contribution in [0.2, 0.25) is 0 Å². The van der Waals surface area contributed by atoms with E-state index in [1.807, 2.05) is 0 Å². The van der Waals surface area contributed by atoms with E-state index in [9.17, 15) is 18.3 Å². The molecule has 0 aromatic heterocycles. The normalized spacial score (nSPS) is 19.2. The maximum atomic E-state index is 12.2. The minimum Gasteiger partial charge on any atom is -0.391 e. The van der Waals surface area contributed by atoms with Gasteiger partial charge in [0.15, 0.2) is 0 Å². The summed E-state index contributed by atoms with van der Waals surface area (Å²) < 4.78 is 26.5. The van der Waals surface area contributed by atoms with Gasteiger partial charge in [0, 0.05) is 24.7 Å². The predicted octanol–water partition coefficient (Wildman–Crippen LogP) is 0.580. The molecule has 1 aliphatic heterocycles. The van der Waals surface area contributed by atoms with Gasteiger partial charge in [-0.25, -0.2) is 13.1 Å². The number of amides is 1. The number of hydrogen-bond donors (Lipinski definition) is 2. The highest BCUT2D eigenvalue weighted by Gasteiger charge is 2.25. The molecule has 1 saturated heterocycles. The SMILES string of the molecule is CC(C)NS(=O)(=O)c1ccc(C(=O)N2CC[C@H](O)C2)cc1. The number of likely N-dealkylation sites (tertiary alicyclic amines) is 1. The summed E-state index contributed by atoms with van der Waals surface area (Å²) >= 11 is 0. The minimum atomic E-state index is -3.54. The van der Waals surface area contributed by atoms with Crippen LogP contribution in [0.3, 0.4) is 0 Å². The first-order chi connectivity index (χ1) is 9.79. The first-order valence-electron chi connectivity index (χ1n) is 6.89. The van der Waals surface area contributed by atoms with Crippen LogP contribution in [0.15, 0.2) is 29.2 Å². The molecule has 116 valence electrons. The zero-order valence-corrected chi connectivity index (χ0v) is 12.9. The molecular formula is C14H20N2O4S. The molecule has 1 amide bonds. The summed E-state index contributed by atoms with van der Waals surface area (Å²) in [4.78, 5) is 13.9. The van der Waals surface area contributed by atoms with Gasteiger partial charge < -0.3 is 10.0 Å². The molecule has 0 aliphatic carbocycles. The van der Waals surface area contributed by atoms with Crippen LogP contribution in [0.25, 0.3) is 0 Å². The fourth-order valence-corrected chi connectivity index (χ4v) is 3.51. The number of nitrogens with zero attached hydrogens (tertiary/aromatic N) is 1. The molecule has 2 N–H and O–H groups in total. The van der Waals surface area contributed by atoms with E-state index < -0.39 is 16.1 Å². The van der Waals surface area contributed by atoms with Crippen LogP contribution in [0.5, 0.6) is 0 Å². The minimum absolute atomic E-state index is 0.134. The van der Waals surface area contributed by atoms with Gasteiger partial charge in [-0.2, -0.15) is 0 Å². The summed E-state index contributed by atoms with van der Waals surface area (Å²) in [6.45, 7) is 4.34. The molecule has 21 heavy (non-hydrogen) atoms. The number of carbonyl (C=O) groups excluding carboxylic acids is 1. The number of nitrogens with one attached hydrogen (secondary N) is 1. The quantitative estimate of drug-likeness (QED) is 0.851. The zero-order chi connectivity index (χ0) is 15.6. The Morgan fingerprint density at radius 3 is 2.43 bits per heavy atom. The average Bonchev–Trinajstić information content (AvgIpc) is 2.83. The lowest BCUT2D eigenvalue weighted by Crippen LogP contribution is -2.31. The van der Waals surface area contributed by atoms with E-state index in [0.717, 1.165) is 0 Å². The maximum absolute atomic E-state index is 12.2. The third kappa shape index (κ3) is 3.81. The second-order valence-corrected chi connectivity index (χ2v) is 7.21. The lowest BCUT2D eigenvalue weighted by molar-refractivity contribution is 0.0765. The molecular weight excluding hydrogens is 292 g/mol. The lowest BCUT2D eigenvalue weighted by Gasteiger charge is -2.16. The third-order valence-corrected chi connectivity index (χ3v) is 4.93. The van der Waals surface area contributed by atoms with Crippen LogP contribution in [-0.4, -0.2) is 49.6 Å². The van der Waals surface area contributed by atoms with Crippen LogP contribution in [0.4, 0.5) is 0 Å². The van der Waals surface area contributed by atoms with Crippen molar-refractivity contribution < 1.29 is 18.3 Å². The Morgan fingerprint density at radius 1 is 1.33 bits per heavy atom. The van der Waals surface area contributed by atoms with Gasteiger partial charge in [-0.15, -0.1) is 0 Å². The molecule has 0 spiro atoms. The van der Waals surface area contributed by atoms with Gasteiger partial charge in [-0.05, 0) is 44.5 Å². The maximum Gasteiger partial charge on any atom is 0.253 e. The Balaban J connectivity index is 2.14. The van der Waals surface area contributed by atoms with Crippen molar-refractivity contribution in [2.45, 2.75) is 37.3 Å². The van der Waals surface area contributed by atoms with Gasteiger partial charge in [0.25, 0.3) is 5.91 Å². The largest absolute Gasteiger partial charge is 0.391 e. The zero-order valence-electron chi connectivity index (χ0n) is 12.1. The van der Waals surface area contributed by atoms with Crippen LogP contribution in [-0.2, 0) is 10.0 Å². The van der Waals surface area contributed by atoms with E-state index in [0.29, 0.717) is 25.1 Å². The van der Waals surface area contributed by atoms with Crippen molar-refractivity contribution in [1.29, 1.82) is 0 Å². The molecule has 2 rings (SSSR count). The van der Waals surface area contributed by atoms with Crippen LogP contribution < -0.4 is 4.72 Å². The molecule has 1 heterocycles. The monoisotopic (exact) mass is 312 g/mol. The van der Waals surface area contributed by atoms with E-state index in [1.165, 1.54) is 24.3 Å². The van der Waals surface area contributed by atoms with Crippen molar-refractivity contribution in [1.82, 2.24) is 9.62 Å². The van der Waals surface area contributed by atoms with E-state index >= 15 is 0 Å². The molecule has 1 aliphatic rings. The topological polar surface area (TPSA) is 86.7 Å². The summed E-state index contributed by atoms with van der Waals surface area (Å²) in [7, 11) is -3.54. The number of carbonyl (C=O) groups is 1. The molecule has 0 saturated carbocycles. The first kappa shape index (κ1) is 15.9. The third-order valence-electron chi connectivity index (χ3n) is 3.25. The smallest absolute Gasteiger partial charge is 0.253 e. The highest BCUT2D eigenvalue weighted by atomic mass is 32.2. The number of benzene rings is 1. The Morgan fingerprint density at radius 2 is 1.95 bits per heavy atom. The van der Waals surface area contributed by atoms with Gasteiger partial charge in [0.05, 0.1) is 11.0 Å². The van der Waals surface area contributed by atoms with Crippen molar-refractivity contribution >= 4 is 15.9 Å². The van der Waals surface area contributed by atoms with E-state index in [1.54, 1.807) is 18.7 Å². The summed E-state index contributed by atoms with van der Waals surface area (Å²) in [6, 6.07) is 5.65. The van der Waals surface area contributed by atoms with Crippen LogP contribution in [0, 0.1) is 0 Å². The Hall–Kier alpha value is -1.44. The summed E-state index contributed by atoms with van der Waals surface area (Å²) in [6.07, 6.45) is 0.111. The average molecular weight is 312 g/mol. The van der Waals surface area contributed by atoms with Crippen LogP contribution >= 0.6 is 0 Å². The number of rotatable bonds is 4. The van der Waals surface area contributed by atoms with E-state index in [-0.39, 0.29) is 16.8 Å². The number of β-amino-alcohol motifs (C(OH)–C–C–N with tert-alkyl or cyclic N) is 1. The predicted molar refractivity (Wildman–Crippen MR) is 78.4 cm³/mol. The standard InChI is InChI=1S/C14H20N2O4S/c1-10(2)15-21(19,20)13-5-3-11(4-6-13)14(18)16-8-7-12(17)9-16/h3-6,10,12,15,17H,7-9H2,1-2H3/t12-/m0/s1. The van der Waals surface area contributed by atoms with Gasteiger partial charge in [-0.3, -0.25) is 4.79 Å². The van der Waals surface area contributed by atoms with Crippen molar-refractivity contribution in [2.24, 2.45) is 0 Å². The fraction of sp³-hybridized carbons (Fsp3) is 0.500. The number of hydrogen-bond acceptors (Lipinski definition) is 4. The second kappa shape index (κ2) is 6.13. The Labute approximate surface area is 124 Å². The second-order valence-electron chi connectivity index (χ2n) is 5.49. The number of aliphatic hydroxyl groups is 1. The van der Waals surface area contributed by atoms with Crippen molar-refractivity contribution in [3.8, 4) is 0 Å². The summed E-state index contributed by atoms with van der Waals surface area (Å²) in [5.74, 6) is -0.188. The Kier molecular flexibility index (Phi) is 4.65. The molecule has 1 aromatic rings. The molecule has 1 atom stereocenters. The van der Waals surface area contributed by atoms with Gasteiger partial charge in [-0.1, -0.05) is 0 Å². The van der Waals surface area contributed by atoms with E-state index in [4.69, 9.17) is 0 Å². The van der Waals surface area contributed by atoms with Crippen molar-refractivity contribution in [3.63, 3.8) is 0 Å². The summed E-state index contributed by atoms with van der Waals surface area (Å²) in [5, 5.41) is 9.45. The molecule has 0 bridgehead atoms. The molecule has 6 nitrogen and oxygen atoms in total. The molecule has 7 heteroatoms.